The summed E-state index contributed by atoms with van der Waals surface area (Å²) in [4.78, 5) is 12.0. The van der Waals surface area contributed by atoms with Gasteiger partial charge in [0.15, 0.2) is 0 Å². The number of aryl methyl sites for hydroxylation is 2. The van der Waals surface area contributed by atoms with E-state index in [9.17, 15) is 4.79 Å². The van der Waals surface area contributed by atoms with E-state index in [4.69, 9.17) is 4.74 Å². The zero-order valence-electron chi connectivity index (χ0n) is 13.4. The molecule has 0 fully saturated rings. The van der Waals surface area contributed by atoms with Crippen LogP contribution in [0, 0.1) is 6.92 Å². The van der Waals surface area contributed by atoms with Gasteiger partial charge < -0.3 is 10.1 Å². The van der Waals surface area contributed by atoms with Gasteiger partial charge in [-0.2, -0.15) is 5.10 Å². The number of amides is 1. The first-order valence-electron chi connectivity index (χ1n) is 7.55. The Morgan fingerprint density at radius 2 is 2.00 bits per heavy atom. The van der Waals surface area contributed by atoms with Crippen LogP contribution >= 0.6 is 0 Å². The standard InChI is InChI=1S/C17H21N3O2/c1-10(2)22-13-7-5-12(6-8-13)14-9-15(21)18-17-16(14)11(3)19-20(17)4/h5-8,10,14H,9H2,1-4H3,(H,18,21)/t14-/m1/s1. The molecule has 22 heavy (non-hydrogen) atoms. The first-order chi connectivity index (χ1) is 10.5. The average molecular weight is 299 g/mol. The normalized spacial score (nSPS) is 17.3. The minimum Gasteiger partial charge on any atom is -0.491 e. The van der Waals surface area contributed by atoms with Crippen molar-refractivity contribution in [1.29, 1.82) is 0 Å². The van der Waals surface area contributed by atoms with Crippen molar-refractivity contribution in [3.63, 3.8) is 0 Å². The Morgan fingerprint density at radius 3 is 2.64 bits per heavy atom. The third-order valence-corrected chi connectivity index (χ3v) is 3.92. The lowest BCUT2D eigenvalue weighted by molar-refractivity contribution is -0.116. The number of nitrogens with zero attached hydrogens (tertiary/aromatic N) is 2. The van der Waals surface area contributed by atoms with Gasteiger partial charge in [0.25, 0.3) is 0 Å². The molecule has 2 aromatic rings. The first-order valence-corrected chi connectivity index (χ1v) is 7.55. The highest BCUT2D eigenvalue weighted by atomic mass is 16.5. The van der Waals surface area contributed by atoms with E-state index in [-0.39, 0.29) is 17.9 Å². The lowest BCUT2D eigenvalue weighted by atomic mass is 9.86. The number of benzene rings is 1. The predicted molar refractivity (Wildman–Crippen MR) is 85.2 cm³/mol. The quantitative estimate of drug-likeness (QED) is 0.948. The van der Waals surface area contributed by atoms with E-state index in [0.29, 0.717) is 6.42 Å². The van der Waals surface area contributed by atoms with Gasteiger partial charge in [-0.05, 0) is 38.5 Å². The average Bonchev–Trinajstić information content (AvgIpc) is 2.73. The van der Waals surface area contributed by atoms with Crippen LogP contribution in [0.2, 0.25) is 0 Å². The van der Waals surface area contributed by atoms with Gasteiger partial charge in [-0.15, -0.1) is 0 Å². The first kappa shape index (κ1) is 14.6. The Bertz CT molecular complexity index is 701. The number of hydrogen-bond acceptors (Lipinski definition) is 3. The molecule has 0 saturated heterocycles. The Hall–Kier alpha value is -2.30. The molecule has 1 aliphatic heterocycles. The fourth-order valence-electron chi connectivity index (χ4n) is 3.05. The maximum absolute atomic E-state index is 12.0. The van der Waals surface area contributed by atoms with Crippen molar-refractivity contribution in [2.24, 2.45) is 7.05 Å². The lowest BCUT2D eigenvalue weighted by Gasteiger charge is -2.24. The molecule has 1 amide bonds. The molecular weight excluding hydrogens is 278 g/mol. The fraction of sp³-hybridized carbons (Fsp3) is 0.412. The van der Waals surface area contributed by atoms with Gasteiger partial charge in [-0.25, -0.2) is 0 Å². The van der Waals surface area contributed by atoms with Crippen molar-refractivity contribution < 1.29 is 9.53 Å². The summed E-state index contributed by atoms with van der Waals surface area (Å²) in [7, 11) is 1.86. The Balaban J connectivity index is 1.97. The summed E-state index contributed by atoms with van der Waals surface area (Å²) >= 11 is 0. The number of carbonyl (C=O) groups is 1. The summed E-state index contributed by atoms with van der Waals surface area (Å²) in [6.45, 7) is 5.99. The van der Waals surface area contributed by atoms with Gasteiger partial charge in [0.05, 0.1) is 11.8 Å². The van der Waals surface area contributed by atoms with E-state index < -0.39 is 0 Å². The van der Waals surface area contributed by atoms with Crippen LogP contribution in [0.4, 0.5) is 5.82 Å². The summed E-state index contributed by atoms with van der Waals surface area (Å²) < 4.78 is 7.42. The summed E-state index contributed by atoms with van der Waals surface area (Å²) in [5.74, 6) is 1.73. The third kappa shape index (κ3) is 2.58. The van der Waals surface area contributed by atoms with Gasteiger partial charge >= 0.3 is 0 Å². The molecule has 0 spiro atoms. The zero-order valence-corrected chi connectivity index (χ0v) is 13.4. The molecule has 0 unspecified atom stereocenters. The molecule has 1 atom stereocenters. The molecule has 1 aromatic carbocycles. The molecule has 3 rings (SSSR count). The minimum atomic E-state index is 0.0306. The van der Waals surface area contributed by atoms with E-state index in [1.54, 1.807) is 4.68 Å². The SMILES string of the molecule is Cc1nn(C)c2c1[C@@H](c1ccc(OC(C)C)cc1)CC(=O)N2. The van der Waals surface area contributed by atoms with E-state index >= 15 is 0 Å². The number of fused-ring (bicyclic) bond motifs is 1. The molecule has 0 bridgehead atoms. The van der Waals surface area contributed by atoms with Crippen LogP contribution in [-0.2, 0) is 11.8 Å². The topological polar surface area (TPSA) is 56.2 Å². The molecule has 0 saturated carbocycles. The molecule has 0 radical (unpaired) electrons. The predicted octanol–water partition coefficient (Wildman–Crippen LogP) is 2.99. The number of nitrogens with one attached hydrogen (secondary N) is 1. The van der Waals surface area contributed by atoms with Crippen LogP contribution < -0.4 is 10.1 Å². The molecule has 116 valence electrons. The molecular formula is C17H21N3O2. The van der Waals surface area contributed by atoms with E-state index in [0.717, 1.165) is 28.4 Å². The van der Waals surface area contributed by atoms with Gasteiger partial charge in [-0.1, -0.05) is 12.1 Å². The van der Waals surface area contributed by atoms with Crippen molar-refractivity contribution in [2.75, 3.05) is 5.32 Å². The molecule has 5 nitrogen and oxygen atoms in total. The summed E-state index contributed by atoms with van der Waals surface area (Å²) in [6, 6.07) is 8.01. The number of aromatic nitrogens is 2. The van der Waals surface area contributed by atoms with Crippen molar-refractivity contribution in [2.45, 2.75) is 39.2 Å². The molecule has 2 heterocycles. The summed E-state index contributed by atoms with van der Waals surface area (Å²) in [5, 5.41) is 7.36. The highest BCUT2D eigenvalue weighted by Crippen LogP contribution is 2.39. The Kier molecular flexibility index (Phi) is 3.64. The number of rotatable bonds is 3. The molecule has 1 aliphatic rings. The molecule has 5 heteroatoms. The maximum atomic E-state index is 12.0. The molecule has 1 N–H and O–H groups in total. The van der Waals surface area contributed by atoms with Crippen LogP contribution in [0.15, 0.2) is 24.3 Å². The van der Waals surface area contributed by atoms with E-state index in [1.165, 1.54) is 0 Å². The number of anilines is 1. The zero-order chi connectivity index (χ0) is 15.9. The lowest BCUT2D eigenvalue weighted by Crippen LogP contribution is -2.24. The van der Waals surface area contributed by atoms with Crippen LogP contribution in [0.25, 0.3) is 0 Å². The fourth-order valence-corrected chi connectivity index (χ4v) is 3.05. The second-order valence-corrected chi connectivity index (χ2v) is 6.01. The van der Waals surface area contributed by atoms with Gasteiger partial charge in [0.2, 0.25) is 5.91 Å². The van der Waals surface area contributed by atoms with Crippen molar-refractivity contribution in [3.8, 4) is 5.75 Å². The number of carbonyl (C=O) groups excluding carboxylic acids is 1. The molecule has 0 aliphatic carbocycles. The summed E-state index contributed by atoms with van der Waals surface area (Å²) in [6.07, 6.45) is 0.600. The van der Waals surface area contributed by atoms with Crippen LogP contribution in [0.1, 0.15) is 43.0 Å². The second kappa shape index (κ2) is 5.48. The van der Waals surface area contributed by atoms with Gasteiger partial charge in [0, 0.05) is 24.9 Å². The summed E-state index contributed by atoms with van der Waals surface area (Å²) in [5.41, 5.74) is 3.19. The maximum Gasteiger partial charge on any atom is 0.226 e. The Labute approximate surface area is 130 Å². The van der Waals surface area contributed by atoms with Crippen LogP contribution in [0.5, 0.6) is 5.75 Å². The highest BCUT2D eigenvalue weighted by molar-refractivity contribution is 5.94. The minimum absolute atomic E-state index is 0.0306. The molecule has 1 aromatic heterocycles. The van der Waals surface area contributed by atoms with Gasteiger partial charge in [0.1, 0.15) is 11.6 Å². The van der Waals surface area contributed by atoms with Crippen LogP contribution in [0.3, 0.4) is 0 Å². The largest absolute Gasteiger partial charge is 0.491 e. The van der Waals surface area contributed by atoms with E-state index in [2.05, 4.69) is 10.4 Å². The Morgan fingerprint density at radius 1 is 1.32 bits per heavy atom. The van der Waals surface area contributed by atoms with Crippen molar-refractivity contribution in [3.05, 3.63) is 41.1 Å². The monoisotopic (exact) mass is 299 g/mol. The van der Waals surface area contributed by atoms with Crippen molar-refractivity contribution >= 4 is 11.7 Å². The van der Waals surface area contributed by atoms with Gasteiger partial charge in [-0.3, -0.25) is 9.48 Å². The number of hydrogen-bond donors (Lipinski definition) is 1. The van der Waals surface area contributed by atoms with E-state index in [1.807, 2.05) is 52.1 Å². The second-order valence-electron chi connectivity index (χ2n) is 6.01. The highest BCUT2D eigenvalue weighted by Gasteiger charge is 2.31. The van der Waals surface area contributed by atoms with Crippen LogP contribution in [-0.4, -0.2) is 21.8 Å². The third-order valence-electron chi connectivity index (χ3n) is 3.92. The number of ether oxygens (including phenoxy) is 1. The smallest absolute Gasteiger partial charge is 0.226 e. The van der Waals surface area contributed by atoms with Crippen molar-refractivity contribution in [1.82, 2.24) is 9.78 Å².